The van der Waals surface area contributed by atoms with Crippen LogP contribution in [0.2, 0.25) is 0 Å². The van der Waals surface area contributed by atoms with Crippen molar-refractivity contribution in [2.45, 2.75) is 4.90 Å². The summed E-state index contributed by atoms with van der Waals surface area (Å²) in [6, 6.07) is 7.62. The highest BCUT2D eigenvalue weighted by Crippen LogP contribution is 2.27. The smallest absolute Gasteiger partial charge is 0.263 e. The van der Waals surface area contributed by atoms with Crippen LogP contribution in [0.4, 0.5) is 5.69 Å². The summed E-state index contributed by atoms with van der Waals surface area (Å²) in [5.74, 6) is 0.239. The number of pyridine rings is 1. The van der Waals surface area contributed by atoms with E-state index in [9.17, 15) is 13.2 Å². The quantitative estimate of drug-likeness (QED) is 0.916. The lowest BCUT2D eigenvalue weighted by molar-refractivity contribution is 0.0797. The van der Waals surface area contributed by atoms with Gasteiger partial charge in [-0.25, -0.2) is 8.42 Å². The fourth-order valence-corrected chi connectivity index (χ4v) is 3.22. The highest BCUT2D eigenvalue weighted by molar-refractivity contribution is 7.92. The molecule has 0 spiro atoms. The van der Waals surface area contributed by atoms with Gasteiger partial charge in [-0.1, -0.05) is 0 Å². The summed E-state index contributed by atoms with van der Waals surface area (Å²) in [4.78, 5) is 17.7. The second kappa shape index (κ2) is 5.88. The summed E-state index contributed by atoms with van der Waals surface area (Å²) >= 11 is 0. The molecule has 0 unspecified atom stereocenters. The number of hydrogen-bond donors (Lipinski definition) is 1. The van der Waals surface area contributed by atoms with Crippen LogP contribution in [0, 0.1) is 0 Å². The predicted molar refractivity (Wildman–Crippen MR) is 83.9 cm³/mol. The summed E-state index contributed by atoms with van der Waals surface area (Å²) in [7, 11) is -2.08. The van der Waals surface area contributed by atoms with E-state index in [2.05, 4.69) is 9.71 Å². The van der Waals surface area contributed by atoms with Crippen molar-refractivity contribution in [2.24, 2.45) is 0 Å². The van der Waals surface area contributed by atoms with Gasteiger partial charge >= 0.3 is 0 Å². The van der Waals surface area contributed by atoms with Gasteiger partial charge in [0.05, 0.1) is 12.1 Å². The molecular formula is C15H15N3O4S. The Bertz CT molecular complexity index is 837. The molecule has 1 amide bonds. The molecule has 0 bridgehead atoms. The molecule has 23 heavy (non-hydrogen) atoms. The van der Waals surface area contributed by atoms with Gasteiger partial charge in [0.1, 0.15) is 17.3 Å². The molecule has 1 aliphatic rings. The third kappa shape index (κ3) is 3.11. The first-order chi connectivity index (χ1) is 11.0. The minimum absolute atomic E-state index is 0.0506. The van der Waals surface area contributed by atoms with Crippen molar-refractivity contribution in [3.8, 4) is 5.75 Å². The molecular weight excluding hydrogens is 318 g/mol. The first-order valence-corrected chi connectivity index (χ1v) is 8.41. The van der Waals surface area contributed by atoms with E-state index >= 15 is 0 Å². The van der Waals surface area contributed by atoms with Crippen LogP contribution in [-0.2, 0) is 10.0 Å². The maximum atomic E-state index is 12.3. The Morgan fingerprint density at radius 3 is 2.87 bits per heavy atom. The Morgan fingerprint density at radius 1 is 1.30 bits per heavy atom. The van der Waals surface area contributed by atoms with E-state index in [-0.39, 0.29) is 10.8 Å². The monoisotopic (exact) mass is 333 g/mol. The number of aromatic nitrogens is 1. The fraction of sp³-hybridized carbons (Fsp3) is 0.200. The maximum Gasteiger partial charge on any atom is 0.263 e. The normalized spacial score (nSPS) is 14.7. The second-order valence-corrected chi connectivity index (χ2v) is 6.76. The third-order valence-corrected chi connectivity index (χ3v) is 4.80. The lowest BCUT2D eigenvalue weighted by atomic mass is 10.1. The SMILES string of the molecule is CN1CCOc2ccc(NS(=O)(=O)c3cccnc3)cc2C1=O. The van der Waals surface area contributed by atoms with Crippen LogP contribution < -0.4 is 9.46 Å². The Kier molecular flexibility index (Phi) is 3.91. The molecule has 3 rings (SSSR count). The van der Waals surface area contributed by atoms with Gasteiger partial charge < -0.3 is 9.64 Å². The molecule has 0 fully saturated rings. The summed E-state index contributed by atoms with van der Waals surface area (Å²) in [6.07, 6.45) is 2.75. The van der Waals surface area contributed by atoms with Gasteiger partial charge in [-0.15, -0.1) is 0 Å². The summed E-state index contributed by atoms with van der Waals surface area (Å²) in [5, 5.41) is 0. The molecule has 0 aliphatic carbocycles. The minimum atomic E-state index is -3.76. The molecule has 7 nitrogen and oxygen atoms in total. The van der Waals surface area contributed by atoms with Gasteiger partial charge in [0.25, 0.3) is 15.9 Å². The van der Waals surface area contributed by atoms with Crippen LogP contribution in [0.3, 0.4) is 0 Å². The van der Waals surface area contributed by atoms with Gasteiger partial charge in [0.15, 0.2) is 0 Å². The molecule has 1 aliphatic heterocycles. The van der Waals surface area contributed by atoms with Crippen molar-refractivity contribution in [2.75, 3.05) is 24.9 Å². The zero-order valence-electron chi connectivity index (χ0n) is 12.4. The van der Waals surface area contributed by atoms with Crippen molar-refractivity contribution >= 4 is 21.6 Å². The molecule has 0 atom stereocenters. The molecule has 0 radical (unpaired) electrons. The van der Waals surface area contributed by atoms with E-state index in [0.717, 1.165) is 0 Å². The molecule has 120 valence electrons. The van der Waals surface area contributed by atoms with Crippen molar-refractivity contribution in [3.63, 3.8) is 0 Å². The first-order valence-electron chi connectivity index (χ1n) is 6.92. The van der Waals surface area contributed by atoms with Crippen LogP contribution in [0.15, 0.2) is 47.6 Å². The molecule has 1 aromatic heterocycles. The van der Waals surface area contributed by atoms with E-state index < -0.39 is 10.0 Å². The topological polar surface area (TPSA) is 88.6 Å². The number of benzene rings is 1. The number of sulfonamides is 1. The standard InChI is InChI=1S/C15H15N3O4S/c1-18-7-8-22-14-5-4-11(9-13(14)15(18)19)17-23(20,21)12-3-2-6-16-10-12/h2-6,9-10,17H,7-8H2,1H3. The molecule has 8 heteroatoms. The van der Waals surface area contributed by atoms with Crippen LogP contribution in [-0.4, -0.2) is 44.4 Å². The summed E-state index contributed by atoms with van der Waals surface area (Å²) in [6.45, 7) is 0.875. The molecule has 0 saturated heterocycles. The number of rotatable bonds is 3. The number of anilines is 1. The number of ether oxygens (including phenoxy) is 1. The average Bonchev–Trinajstić information content (AvgIpc) is 2.68. The van der Waals surface area contributed by atoms with Crippen LogP contribution in [0.1, 0.15) is 10.4 Å². The number of amides is 1. The van der Waals surface area contributed by atoms with Gasteiger partial charge in [-0.2, -0.15) is 0 Å². The van der Waals surface area contributed by atoms with E-state index in [1.165, 1.54) is 35.5 Å². The van der Waals surface area contributed by atoms with Gasteiger partial charge in [-0.05, 0) is 30.3 Å². The fourth-order valence-electron chi connectivity index (χ4n) is 2.21. The number of carbonyl (C=O) groups is 1. The molecule has 0 saturated carbocycles. The number of hydrogen-bond acceptors (Lipinski definition) is 5. The summed E-state index contributed by atoms with van der Waals surface area (Å²) in [5.41, 5.74) is 0.622. The van der Waals surface area contributed by atoms with Crippen LogP contribution in [0.25, 0.3) is 0 Å². The van der Waals surface area contributed by atoms with E-state index in [4.69, 9.17) is 4.74 Å². The van der Waals surface area contributed by atoms with Gasteiger partial charge in [0.2, 0.25) is 0 Å². The van der Waals surface area contributed by atoms with Crippen molar-refractivity contribution in [1.29, 1.82) is 0 Å². The first kappa shape index (κ1) is 15.3. The molecule has 1 aromatic carbocycles. The highest BCUT2D eigenvalue weighted by atomic mass is 32.2. The highest BCUT2D eigenvalue weighted by Gasteiger charge is 2.22. The van der Waals surface area contributed by atoms with Crippen molar-refractivity contribution < 1.29 is 17.9 Å². The number of carbonyl (C=O) groups excluding carboxylic acids is 1. The Balaban J connectivity index is 1.94. The minimum Gasteiger partial charge on any atom is -0.491 e. The molecule has 2 heterocycles. The largest absolute Gasteiger partial charge is 0.491 e. The Morgan fingerprint density at radius 2 is 2.13 bits per heavy atom. The van der Waals surface area contributed by atoms with Gasteiger partial charge in [0, 0.05) is 25.1 Å². The lowest BCUT2D eigenvalue weighted by Crippen LogP contribution is -2.27. The molecule has 2 aromatic rings. The van der Waals surface area contributed by atoms with Crippen molar-refractivity contribution in [1.82, 2.24) is 9.88 Å². The predicted octanol–water partition coefficient (Wildman–Crippen LogP) is 1.35. The third-order valence-electron chi connectivity index (χ3n) is 3.44. The van der Waals surface area contributed by atoms with E-state index in [0.29, 0.717) is 30.2 Å². The molecule has 1 N–H and O–H groups in total. The van der Waals surface area contributed by atoms with Crippen LogP contribution in [0.5, 0.6) is 5.75 Å². The number of likely N-dealkylation sites (N-methyl/N-ethyl adjacent to an activating group) is 1. The average molecular weight is 333 g/mol. The number of fused-ring (bicyclic) bond motifs is 1. The van der Waals surface area contributed by atoms with E-state index in [1.54, 1.807) is 19.2 Å². The maximum absolute atomic E-state index is 12.3. The Labute approximate surface area is 134 Å². The van der Waals surface area contributed by atoms with E-state index in [1.807, 2.05) is 0 Å². The lowest BCUT2D eigenvalue weighted by Gasteiger charge is -2.13. The second-order valence-electron chi connectivity index (χ2n) is 5.08. The number of nitrogens with one attached hydrogen (secondary N) is 1. The van der Waals surface area contributed by atoms with Crippen LogP contribution >= 0.6 is 0 Å². The Hall–Kier alpha value is -2.61. The zero-order valence-corrected chi connectivity index (χ0v) is 13.2. The summed E-state index contributed by atoms with van der Waals surface area (Å²) < 4.78 is 32.6. The zero-order chi connectivity index (χ0) is 16.4. The van der Waals surface area contributed by atoms with Gasteiger partial charge in [-0.3, -0.25) is 14.5 Å². The number of nitrogens with zero attached hydrogens (tertiary/aromatic N) is 2. The van der Waals surface area contributed by atoms with Crippen molar-refractivity contribution in [3.05, 3.63) is 48.3 Å².